The fourth-order valence-electron chi connectivity index (χ4n) is 3.28. The molecule has 148 valence electrons. The standard InChI is InChI=1S/C22H27N3O2S/c1-5-27-24-11-18-10-17(7-6-16(18)4)19-8-9-23-12-20(19)22-25(13-15(2)3)21(26)14-28-22/h6-12,15,22H,5,13-14H2,1-4H3. The van der Waals surface area contributed by atoms with Crippen molar-refractivity contribution in [3.05, 3.63) is 53.3 Å². The number of aryl methyl sites for hydroxylation is 1. The Hall–Kier alpha value is -2.34. The first-order valence-corrected chi connectivity index (χ1v) is 10.7. The topological polar surface area (TPSA) is 54.8 Å². The van der Waals surface area contributed by atoms with E-state index >= 15 is 0 Å². The molecule has 5 nitrogen and oxygen atoms in total. The van der Waals surface area contributed by atoms with Gasteiger partial charge < -0.3 is 9.74 Å². The summed E-state index contributed by atoms with van der Waals surface area (Å²) in [5.41, 5.74) is 5.42. The summed E-state index contributed by atoms with van der Waals surface area (Å²) < 4.78 is 0. The molecule has 0 bridgehead atoms. The van der Waals surface area contributed by atoms with Crippen molar-refractivity contribution in [2.75, 3.05) is 18.9 Å². The summed E-state index contributed by atoms with van der Waals surface area (Å²) in [4.78, 5) is 23.9. The maximum atomic E-state index is 12.4. The van der Waals surface area contributed by atoms with Gasteiger partial charge in [-0.2, -0.15) is 0 Å². The molecule has 2 aromatic rings. The molecule has 0 aliphatic carbocycles. The van der Waals surface area contributed by atoms with E-state index in [2.05, 4.69) is 49.1 Å². The quantitative estimate of drug-likeness (QED) is 0.504. The molecular weight excluding hydrogens is 370 g/mol. The van der Waals surface area contributed by atoms with Gasteiger partial charge in [-0.25, -0.2) is 0 Å². The van der Waals surface area contributed by atoms with Crippen LogP contribution in [0.3, 0.4) is 0 Å². The fourth-order valence-corrected chi connectivity index (χ4v) is 4.50. The minimum atomic E-state index is 0.000412. The Morgan fingerprint density at radius 3 is 2.96 bits per heavy atom. The second-order valence-corrected chi connectivity index (χ2v) is 8.36. The number of thioether (sulfide) groups is 1. The van der Waals surface area contributed by atoms with Crippen LogP contribution in [0, 0.1) is 12.8 Å². The molecule has 28 heavy (non-hydrogen) atoms. The number of rotatable bonds is 7. The molecule has 1 amide bonds. The number of hydrogen-bond donors (Lipinski definition) is 0. The number of oxime groups is 1. The summed E-state index contributed by atoms with van der Waals surface area (Å²) >= 11 is 1.68. The van der Waals surface area contributed by atoms with Gasteiger partial charge in [0, 0.05) is 24.5 Å². The van der Waals surface area contributed by atoms with Crippen molar-refractivity contribution < 1.29 is 9.63 Å². The van der Waals surface area contributed by atoms with Gasteiger partial charge in [-0.05, 0) is 54.2 Å². The maximum Gasteiger partial charge on any atom is 0.233 e. The molecule has 1 atom stereocenters. The van der Waals surface area contributed by atoms with Crippen molar-refractivity contribution in [1.82, 2.24) is 9.88 Å². The van der Waals surface area contributed by atoms with E-state index in [0.29, 0.717) is 18.3 Å². The molecule has 1 aliphatic heterocycles. The van der Waals surface area contributed by atoms with Gasteiger partial charge in [-0.3, -0.25) is 9.78 Å². The first-order valence-electron chi connectivity index (χ1n) is 9.62. The highest BCUT2D eigenvalue weighted by atomic mass is 32.2. The molecule has 1 aromatic carbocycles. The van der Waals surface area contributed by atoms with Crippen molar-refractivity contribution in [3.8, 4) is 11.1 Å². The first-order chi connectivity index (χ1) is 13.5. The van der Waals surface area contributed by atoms with Crippen LogP contribution in [0.4, 0.5) is 0 Å². The van der Waals surface area contributed by atoms with Crippen molar-refractivity contribution in [2.45, 2.75) is 33.1 Å². The molecule has 1 aromatic heterocycles. The highest BCUT2D eigenvalue weighted by molar-refractivity contribution is 8.00. The molecule has 0 spiro atoms. The summed E-state index contributed by atoms with van der Waals surface area (Å²) in [5.74, 6) is 1.14. The predicted molar refractivity (Wildman–Crippen MR) is 115 cm³/mol. The van der Waals surface area contributed by atoms with Crippen molar-refractivity contribution in [2.24, 2.45) is 11.1 Å². The highest BCUT2D eigenvalue weighted by Gasteiger charge is 2.34. The lowest BCUT2D eigenvalue weighted by Gasteiger charge is -2.27. The van der Waals surface area contributed by atoms with Crippen LogP contribution < -0.4 is 0 Å². The number of amides is 1. The fraction of sp³-hybridized carbons (Fsp3) is 0.409. The van der Waals surface area contributed by atoms with Crippen LogP contribution in [0.1, 0.15) is 42.8 Å². The Morgan fingerprint density at radius 2 is 2.21 bits per heavy atom. The molecule has 0 radical (unpaired) electrons. The van der Waals surface area contributed by atoms with Crippen molar-refractivity contribution in [1.29, 1.82) is 0 Å². The first kappa shape index (κ1) is 20.4. The Balaban J connectivity index is 1.99. The zero-order chi connectivity index (χ0) is 20.1. The number of aromatic nitrogens is 1. The molecule has 1 fully saturated rings. The third-order valence-electron chi connectivity index (χ3n) is 4.63. The van der Waals surface area contributed by atoms with E-state index in [4.69, 9.17) is 4.84 Å². The van der Waals surface area contributed by atoms with Crippen LogP contribution in [0.15, 0.2) is 41.8 Å². The van der Waals surface area contributed by atoms with E-state index in [1.165, 1.54) is 0 Å². The number of nitrogens with zero attached hydrogens (tertiary/aromatic N) is 3. The van der Waals surface area contributed by atoms with Gasteiger partial charge in [0.2, 0.25) is 5.91 Å². The van der Waals surface area contributed by atoms with Crippen molar-refractivity contribution in [3.63, 3.8) is 0 Å². The molecule has 2 heterocycles. The molecule has 1 unspecified atom stereocenters. The zero-order valence-corrected chi connectivity index (χ0v) is 17.7. The predicted octanol–water partition coefficient (Wildman–Crippen LogP) is 4.66. The van der Waals surface area contributed by atoms with Crippen LogP contribution in [0.25, 0.3) is 11.1 Å². The SMILES string of the molecule is CCON=Cc1cc(-c2ccncc2C2SCC(=O)N2CC(C)C)ccc1C. The van der Waals surface area contributed by atoms with Gasteiger partial charge in [0.15, 0.2) is 0 Å². The Bertz CT molecular complexity index is 867. The normalized spacial score (nSPS) is 17.1. The monoisotopic (exact) mass is 397 g/mol. The molecule has 1 aliphatic rings. The van der Waals surface area contributed by atoms with Gasteiger partial charge in [0.1, 0.15) is 12.0 Å². The smallest absolute Gasteiger partial charge is 0.233 e. The zero-order valence-electron chi connectivity index (χ0n) is 16.9. The summed E-state index contributed by atoms with van der Waals surface area (Å²) in [5, 5.41) is 4.02. The lowest BCUT2D eigenvalue weighted by molar-refractivity contribution is -0.128. The maximum absolute atomic E-state index is 12.4. The molecule has 3 rings (SSSR count). The van der Waals surface area contributed by atoms with E-state index in [1.54, 1.807) is 24.2 Å². The summed E-state index contributed by atoms with van der Waals surface area (Å²) in [6.07, 6.45) is 5.45. The van der Waals surface area contributed by atoms with E-state index in [0.717, 1.165) is 34.4 Å². The second kappa shape index (κ2) is 9.24. The average molecular weight is 398 g/mol. The van der Waals surface area contributed by atoms with E-state index in [-0.39, 0.29) is 11.3 Å². The number of benzene rings is 1. The number of hydrogen-bond acceptors (Lipinski definition) is 5. The van der Waals surface area contributed by atoms with Crippen LogP contribution in [-0.4, -0.2) is 40.9 Å². The van der Waals surface area contributed by atoms with Gasteiger partial charge in [-0.15, -0.1) is 11.8 Å². The minimum Gasteiger partial charge on any atom is -0.396 e. The summed E-state index contributed by atoms with van der Waals surface area (Å²) in [6.45, 7) is 9.55. The minimum absolute atomic E-state index is 0.000412. The van der Waals surface area contributed by atoms with Crippen molar-refractivity contribution >= 4 is 23.9 Å². The lowest BCUT2D eigenvalue weighted by Crippen LogP contribution is -2.31. The van der Waals surface area contributed by atoms with Crippen LogP contribution >= 0.6 is 11.8 Å². The Kier molecular flexibility index (Phi) is 6.73. The molecule has 0 N–H and O–H groups in total. The number of carbonyl (C=O) groups excluding carboxylic acids is 1. The van der Waals surface area contributed by atoms with Crippen LogP contribution in [0.2, 0.25) is 0 Å². The largest absolute Gasteiger partial charge is 0.396 e. The Morgan fingerprint density at radius 1 is 1.39 bits per heavy atom. The third-order valence-corrected chi connectivity index (χ3v) is 5.87. The molecule has 1 saturated heterocycles. The summed E-state index contributed by atoms with van der Waals surface area (Å²) in [6, 6.07) is 8.34. The van der Waals surface area contributed by atoms with E-state index in [9.17, 15) is 4.79 Å². The average Bonchev–Trinajstić information content (AvgIpc) is 3.03. The molecule has 0 saturated carbocycles. The van der Waals surface area contributed by atoms with Gasteiger partial charge >= 0.3 is 0 Å². The highest BCUT2D eigenvalue weighted by Crippen LogP contribution is 2.42. The van der Waals surface area contributed by atoms with Gasteiger partial charge in [0.05, 0.1) is 12.0 Å². The molecule has 6 heteroatoms. The molecular formula is C22H27N3O2S. The lowest BCUT2D eigenvalue weighted by atomic mass is 9.97. The van der Waals surface area contributed by atoms with Gasteiger partial charge in [-0.1, -0.05) is 31.1 Å². The van der Waals surface area contributed by atoms with Crippen LogP contribution in [0.5, 0.6) is 0 Å². The van der Waals surface area contributed by atoms with E-state index in [1.807, 2.05) is 24.1 Å². The number of carbonyl (C=O) groups is 1. The second-order valence-electron chi connectivity index (χ2n) is 7.29. The number of pyridine rings is 1. The van der Waals surface area contributed by atoms with Crippen LogP contribution in [-0.2, 0) is 9.63 Å². The Labute approximate surface area is 171 Å². The van der Waals surface area contributed by atoms with E-state index < -0.39 is 0 Å². The summed E-state index contributed by atoms with van der Waals surface area (Å²) in [7, 11) is 0. The third kappa shape index (κ3) is 4.55. The van der Waals surface area contributed by atoms with Gasteiger partial charge in [0.25, 0.3) is 0 Å².